The minimum atomic E-state index is -0.462. The largest absolute Gasteiger partial charge is 0.496 e. The summed E-state index contributed by atoms with van der Waals surface area (Å²) in [5, 5.41) is 9.60. The van der Waals surface area contributed by atoms with Gasteiger partial charge >= 0.3 is 0 Å². The van der Waals surface area contributed by atoms with Crippen LogP contribution in [-0.2, 0) is 9.53 Å². The zero-order valence-electron chi connectivity index (χ0n) is 14.1. The second-order valence-electron chi connectivity index (χ2n) is 6.22. The fourth-order valence-electron chi connectivity index (χ4n) is 3.51. The lowest BCUT2D eigenvalue weighted by Crippen LogP contribution is -2.27. The molecule has 0 radical (unpaired) electrons. The highest BCUT2D eigenvalue weighted by molar-refractivity contribution is 5.99. The first-order valence-electron chi connectivity index (χ1n) is 7.96. The Morgan fingerprint density at radius 1 is 1.29 bits per heavy atom. The monoisotopic (exact) mass is 324 g/mol. The molecule has 2 aliphatic rings. The number of methoxy groups -OCH3 is 1. The first kappa shape index (κ1) is 16.1. The molecule has 1 aromatic carbocycles. The number of nitriles is 1. The number of nitrogens with two attached hydrogens (primary N) is 1. The highest BCUT2D eigenvalue weighted by Crippen LogP contribution is 2.45. The maximum Gasteiger partial charge on any atom is 0.205 e. The summed E-state index contributed by atoms with van der Waals surface area (Å²) in [4.78, 5) is 12.6. The maximum absolute atomic E-state index is 12.6. The van der Waals surface area contributed by atoms with Crippen LogP contribution in [-0.4, -0.2) is 12.9 Å². The first-order chi connectivity index (χ1) is 11.5. The van der Waals surface area contributed by atoms with Crippen LogP contribution in [0.1, 0.15) is 41.9 Å². The van der Waals surface area contributed by atoms with Crippen molar-refractivity contribution in [2.24, 2.45) is 5.73 Å². The zero-order chi connectivity index (χ0) is 17.4. The summed E-state index contributed by atoms with van der Waals surface area (Å²) >= 11 is 0. The third-order valence-electron chi connectivity index (χ3n) is 4.70. The minimum absolute atomic E-state index is 0.0365. The van der Waals surface area contributed by atoms with Crippen LogP contribution in [0.15, 0.2) is 34.9 Å². The van der Waals surface area contributed by atoms with Crippen molar-refractivity contribution < 1.29 is 14.3 Å². The van der Waals surface area contributed by atoms with Gasteiger partial charge in [-0.15, -0.1) is 0 Å². The Hall–Kier alpha value is -2.74. The first-order valence-corrected chi connectivity index (χ1v) is 7.96. The third-order valence-corrected chi connectivity index (χ3v) is 4.70. The van der Waals surface area contributed by atoms with Gasteiger partial charge in [0.25, 0.3) is 0 Å². The van der Waals surface area contributed by atoms with Gasteiger partial charge in [0.1, 0.15) is 23.2 Å². The van der Waals surface area contributed by atoms with E-state index in [1.54, 1.807) is 7.11 Å². The predicted molar refractivity (Wildman–Crippen MR) is 89.0 cm³/mol. The smallest absolute Gasteiger partial charge is 0.205 e. The van der Waals surface area contributed by atoms with Crippen molar-refractivity contribution in [3.63, 3.8) is 0 Å². The lowest BCUT2D eigenvalue weighted by atomic mass is 9.76. The number of carbonyl (C=O) groups excluding carboxylic acids is 1. The molecule has 0 spiro atoms. The molecule has 3 rings (SSSR count). The van der Waals surface area contributed by atoms with Crippen LogP contribution < -0.4 is 10.5 Å². The van der Waals surface area contributed by atoms with Crippen LogP contribution in [0.4, 0.5) is 0 Å². The molecule has 5 heteroatoms. The van der Waals surface area contributed by atoms with E-state index in [9.17, 15) is 10.1 Å². The Morgan fingerprint density at radius 2 is 2.04 bits per heavy atom. The zero-order valence-corrected chi connectivity index (χ0v) is 14.1. The molecule has 5 nitrogen and oxygen atoms in total. The molecule has 0 aromatic heterocycles. The second kappa shape index (κ2) is 6.04. The Bertz CT molecular complexity index is 828. The van der Waals surface area contributed by atoms with Gasteiger partial charge in [0.15, 0.2) is 5.78 Å². The number of ether oxygens (including phenoxy) is 2. The van der Waals surface area contributed by atoms with Crippen LogP contribution >= 0.6 is 0 Å². The molecule has 0 saturated heterocycles. The number of ketones is 1. The van der Waals surface area contributed by atoms with Crippen LogP contribution in [0.5, 0.6) is 5.75 Å². The summed E-state index contributed by atoms with van der Waals surface area (Å²) in [6.07, 6.45) is 1.90. The average molecular weight is 324 g/mol. The summed E-state index contributed by atoms with van der Waals surface area (Å²) in [6, 6.07) is 6.05. The highest BCUT2D eigenvalue weighted by Gasteiger charge is 2.38. The number of aryl methyl sites for hydroxylation is 2. The summed E-state index contributed by atoms with van der Waals surface area (Å²) in [5.74, 6) is 1.07. The van der Waals surface area contributed by atoms with Gasteiger partial charge in [0.05, 0.1) is 13.0 Å². The van der Waals surface area contributed by atoms with Gasteiger partial charge in [-0.2, -0.15) is 5.26 Å². The van der Waals surface area contributed by atoms with Gasteiger partial charge in [0.2, 0.25) is 5.88 Å². The third kappa shape index (κ3) is 2.44. The van der Waals surface area contributed by atoms with Gasteiger partial charge in [-0.05, 0) is 43.0 Å². The molecule has 0 saturated carbocycles. The van der Waals surface area contributed by atoms with E-state index in [2.05, 4.69) is 6.07 Å². The van der Waals surface area contributed by atoms with Gasteiger partial charge in [-0.25, -0.2) is 0 Å². The van der Waals surface area contributed by atoms with Crippen molar-refractivity contribution in [2.45, 2.75) is 39.0 Å². The molecule has 2 N–H and O–H groups in total. The Balaban J connectivity index is 2.24. The van der Waals surface area contributed by atoms with Crippen LogP contribution in [0.25, 0.3) is 0 Å². The lowest BCUT2D eigenvalue weighted by molar-refractivity contribution is -0.116. The molecular formula is C19H20N2O3. The topological polar surface area (TPSA) is 85.3 Å². The van der Waals surface area contributed by atoms with Crippen LogP contribution in [0, 0.1) is 25.2 Å². The van der Waals surface area contributed by atoms with Gasteiger partial charge in [-0.1, -0.05) is 6.07 Å². The minimum Gasteiger partial charge on any atom is -0.496 e. The van der Waals surface area contributed by atoms with Crippen molar-refractivity contribution in [3.8, 4) is 11.8 Å². The summed E-state index contributed by atoms with van der Waals surface area (Å²) < 4.78 is 11.0. The number of benzene rings is 1. The van der Waals surface area contributed by atoms with Gasteiger partial charge < -0.3 is 15.2 Å². The molecule has 0 amide bonds. The van der Waals surface area contributed by atoms with E-state index < -0.39 is 5.92 Å². The average Bonchev–Trinajstić information content (AvgIpc) is 2.55. The molecule has 1 aromatic rings. The van der Waals surface area contributed by atoms with Crippen molar-refractivity contribution in [1.82, 2.24) is 0 Å². The predicted octanol–water partition coefficient (Wildman–Crippen LogP) is 3.13. The summed E-state index contributed by atoms with van der Waals surface area (Å²) in [7, 11) is 1.62. The maximum atomic E-state index is 12.6. The standard InChI is InChI=1S/C19H20N2O3/c1-10-8-16(23-3)11(2)7-12(10)17-13(9-20)19(21)24-15-6-4-5-14(22)18(15)17/h7-8,17H,4-6,21H2,1-3H3/t17-/m1/s1. The number of hydrogen-bond donors (Lipinski definition) is 1. The normalized spacial score (nSPS) is 20.4. The van der Waals surface area contributed by atoms with Gasteiger partial charge in [-0.3, -0.25) is 4.79 Å². The van der Waals surface area contributed by atoms with Crippen molar-refractivity contribution in [1.29, 1.82) is 5.26 Å². The fraction of sp³-hybridized carbons (Fsp3) is 0.368. The van der Waals surface area contributed by atoms with Crippen molar-refractivity contribution in [2.75, 3.05) is 7.11 Å². The van der Waals surface area contributed by atoms with Crippen LogP contribution in [0.2, 0.25) is 0 Å². The second-order valence-corrected chi connectivity index (χ2v) is 6.22. The fourth-order valence-corrected chi connectivity index (χ4v) is 3.51. The number of carbonyl (C=O) groups is 1. The lowest BCUT2D eigenvalue weighted by Gasteiger charge is -2.32. The Morgan fingerprint density at radius 3 is 2.71 bits per heavy atom. The molecule has 1 atom stereocenters. The molecule has 1 aliphatic heterocycles. The SMILES string of the molecule is COc1cc(C)c([C@@H]2C(C#N)=C(N)OC3=C2C(=O)CCC3)cc1C. The molecule has 1 heterocycles. The molecule has 124 valence electrons. The van der Waals surface area contributed by atoms with E-state index >= 15 is 0 Å². The molecular weight excluding hydrogens is 304 g/mol. The number of Topliss-reactive ketones (excluding diaryl/α,β-unsaturated/α-hetero) is 1. The molecule has 0 unspecified atom stereocenters. The van der Waals surface area contributed by atoms with Crippen molar-refractivity contribution >= 4 is 5.78 Å². The van der Waals surface area contributed by atoms with E-state index in [0.717, 1.165) is 28.9 Å². The quantitative estimate of drug-likeness (QED) is 0.903. The number of nitrogens with zero attached hydrogens (tertiary/aromatic N) is 1. The number of hydrogen-bond acceptors (Lipinski definition) is 5. The number of rotatable bonds is 2. The molecule has 1 aliphatic carbocycles. The van der Waals surface area contributed by atoms with Crippen LogP contribution in [0.3, 0.4) is 0 Å². The Kier molecular flexibility index (Phi) is 4.06. The van der Waals surface area contributed by atoms with E-state index in [1.807, 2.05) is 26.0 Å². The summed E-state index contributed by atoms with van der Waals surface area (Å²) in [5.41, 5.74) is 9.67. The van der Waals surface area contributed by atoms with E-state index in [1.165, 1.54) is 0 Å². The van der Waals surface area contributed by atoms with Crippen molar-refractivity contribution in [3.05, 3.63) is 51.6 Å². The van der Waals surface area contributed by atoms with E-state index in [4.69, 9.17) is 15.2 Å². The Labute approximate surface area is 141 Å². The van der Waals surface area contributed by atoms with E-state index in [0.29, 0.717) is 29.7 Å². The highest BCUT2D eigenvalue weighted by atomic mass is 16.5. The molecule has 24 heavy (non-hydrogen) atoms. The van der Waals surface area contributed by atoms with Gasteiger partial charge in [0, 0.05) is 18.4 Å². The van der Waals surface area contributed by atoms with E-state index in [-0.39, 0.29) is 11.7 Å². The summed E-state index contributed by atoms with van der Waals surface area (Å²) in [6.45, 7) is 3.89. The number of allylic oxidation sites excluding steroid dienone is 3. The molecule has 0 bridgehead atoms. The molecule has 0 fully saturated rings.